The van der Waals surface area contributed by atoms with E-state index >= 15 is 0 Å². The minimum atomic E-state index is -0.444. The molecule has 1 aromatic carbocycles. The van der Waals surface area contributed by atoms with Gasteiger partial charge in [-0.3, -0.25) is 4.79 Å². The van der Waals surface area contributed by atoms with Gasteiger partial charge in [-0.15, -0.1) is 5.10 Å². The highest BCUT2D eigenvalue weighted by Gasteiger charge is 2.45. The summed E-state index contributed by atoms with van der Waals surface area (Å²) in [6.07, 6.45) is 4.41. The molecule has 140 valence electrons. The summed E-state index contributed by atoms with van der Waals surface area (Å²) in [5, 5.41) is 12.7. The molecule has 0 unspecified atom stereocenters. The van der Waals surface area contributed by atoms with E-state index in [0.29, 0.717) is 12.3 Å². The summed E-state index contributed by atoms with van der Waals surface area (Å²) < 4.78 is 1.84. The van der Waals surface area contributed by atoms with E-state index in [1.165, 1.54) is 5.56 Å². The summed E-state index contributed by atoms with van der Waals surface area (Å²) in [4.78, 5) is 14.5. The minimum absolute atomic E-state index is 0.134. The molecule has 0 bridgehead atoms. The van der Waals surface area contributed by atoms with E-state index in [-0.39, 0.29) is 5.91 Å². The number of tetrazole rings is 1. The third kappa shape index (κ3) is 3.13. The second-order valence-electron chi connectivity index (χ2n) is 7.72. The zero-order valence-corrected chi connectivity index (χ0v) is 16.5. The number of amides is 1. The van der Waals surface area contributed by atoms with Crippen molar-refractivity contribution >= 4 is 5.91 Å². The average molecular weight is 355 g/mol. The molecule has 6 nitrogen and oxygen atoms in total. The number of aromatic nitrogens is 4. The summed E-state index contributed by atoms with van der Waals surface area (Å²) in [6, 6.07) is 6.27. The average Bonchev–Trinajstić information content (AvgIpc) is 3.11. The number of carbonyl (C=O) groups is 1. The number of rotatable bonds is 4. The molecule has 1 heterocycles. The van der Waals surface area contributed by atoms with E-state index < -0.39 is 5.54 Å². The second-order valence-corrected chi connectivity index (χ2v) is 7.72. The van der Waals surface area contributed by atoms with E-state index in [2.05, 4.69) is 54.5 Å². The second kappa shape index (κ2) is 7.17. The lowest BCUT2D eigenvalue weighted by Crippen LogP contribution is -2.50. The Morgan fingerprint density at radius 3 is 2.62 bits per heavy atom. The van der Waals surface area contributed by atoms with Crippen LogP contribution >= 0.6 is 0 Å². The molecule has 0 saturated heterocycles. The van der Waals surface area contributed by atoms with Crippen LogP contribution in [-0.4, -0.2) is 38.1 Å². The minimum Gasteiger partial charge on any atom is -0.333 e. The molecule has 1 aliphatic rings. The van der Waals surface area contributed by atoms with Crippen LogP contribution in [0.25, 0.3) is 5.69 Å². The van der Waals surface area contributed by atoms with Crippen molar-refractivity contribution in [2.75, 3.05) is 7.05 Å². The van der Waals surface area contributed by atoms with Crippen LogP contribution in [0, 0.1) is 19.8 Å². The molecule has 1 fully saturated rings. The number of carbonyl (C=O) groups excluding carboxylic acids is 1. The topological polar surface area (TPSA) is 63.9 Å². The van der Waals surface area contributed by atoms with Gasteiger partial charge < -0.3 is 4.90 Å². The first-order chi connectivity index (χ1) is 12.4. The van der Waals surface area contributed by atoms with Gasteiger partial charge in [0.25, 0.3) is 0 Å². The Labute approximate surface area is 155 Å². The Bertz CT molecular complexity index is 789. The van der Waals surface area contributed by atoms with E-state index in [1.54, 1.807) is 0 Å². The lowest BCUT2D eigenvalue weighted by atomic mass is 9.75. The van der Waals surface area contributed by atoms with E-state index in [9.17, 15) is 4.79 Å². The molecule has 0 N–H and O–H groups in total. The van der Waals surface area contributed by atoms with Gasteiger partial charge in [-0.2, -0.15) is 4.68 Å². The fourth-order valence-electron chi connectivity index (χ4n) is 4.11. The molecule has 3 rings (SSSR count). The molecule has 0 radical (unpaired) electrons. The smallest absolute Gasteiger partial charge is 0.222 e. The first kappa shape index (κ1) is 18.5. The highest BCUT2D eigenvalue weighted by molar-refractivity contribution is 5.76. The van der Waals surface area contributed by atoms with Gasteiger partial charge in [0.2, 0.25) is 5.91 Å². The summed E-state index contributed by atoms with van der Waals surface area (Å²) >= 11 is 0. The van der Waals surface area contributed by atoms with Gasteiger partial charge in [-0.25, -0.2) is 0 Å². The van der Waals surface area contributed by atoms with Crippen molar-refractivity contribution in [1.82, 2.24) is 25.1 Å². The van der Waals surface area contributed by atoms with Crippen LogP contribution in [0.4, 0.5) is 0 Å². The Balaban J connectivity index is 2.12. The van der Waals surface area contributed by atoms with Crippen molar-refractivity contribution in [3.8, 4) is 5.69 Å². The summed E-state index contributed by atoms with van der Waals surface area (Å²) in [6.45, 7) is 8.34. The molecular weight excluding hydrogens is 326 g/mol. The molecule has 1 saturated carbocycles. The van der Waals surface area contributed by atoms with Crippen molar-refractivity contribution in [2.45, 2.75) is 65.3 Å². The summed E-state index contributed by atoms with van der Waals surface area (Å²) in [5.74, 6) is 1.58. The Morgan fingerprint density at radius 1 is 1.31 bits per heavy atom. The van der Waals surface area contributed by atoms with Gasteiger partial charge in [0, 0.05) is 13.5 Å². The highest BCUT2D eigenvalue weighted by atomic mass is 16.2. The maximum Gasteiger partial charge on any atom is 0.222 e. The van der Waals surface area contributed by atoms with Crippen LogP contribution < -0.4 is 0 Å². The molecule has 0 spiro atoms. The number of aryl methyl sites for hydroxylation is 2. The standard InChI is InChI=1S/C20H29N5O/c1-6-18(26)24(5)20(11-9-14(2)10-12-20)19-21-22-23-25(19)17-8-7-15(3)13-16(17)4/h7-8,13-14H,6,9-12H2,1-5H3. The molecule has 1 aliphatic carbocycles. The van der Waals surface area contributed by atoms with Gasteiger partial charge in [-0.1, -0.05) is 31.5 Å². The molecule has 2 aromatic rings. The third-order valence-corrected chi connectivity index (χ3v) is 5.89. The highest BCUT2D eigenvalue weighted by Crippen LogP contribution is 2.43. The van der Waals surface area contributed by atoms with E-state index in [4.69, 9.17) is 0 Å². The van der Waals surface area contributed by atoms with Crippen molar-refractivity contribution < 1.29 is 4.79 Å². The van der Waals surface area contributed by atoms with Crippen molar-refractivity contribution in [3.05, 3.63) is 35.2 Å². The van der Waals surface area contributed by atoms with Crippen LogP contribution in [0.3, 0.4) is 0 Å². The van der Waals surface area contributed by atoms with Gasteiger partial charge in [0.05, 0.1) is 5.69 Å². The largest absolute Gasteiger partial charge is 0.333 e. The Morgan fingerprint density at radius 2 is 2.00 bits per heavy atom. The molecule has 1 amide bonds. The van der Waals surface area contributed by atoms with Crippen LogP contribution in [-0.2, 0) is 10.3 Å². The zero-order valence-electron chi connectivity index (χ0n) is 16.5. The molecule has 0 atom stereocenters. The number of hydrogen-bond acceptors (Lipinski definition) is 4. The fraction of sp³-hybridized carbons (Fsp3) is 0.600. The quantitative estimate of drug-likeness (QED) is 0.841. The van der Waals surface area contributed by atoms with Crippen LogP contribution in [0.15, 0.2) is 18.2 Å². The van der Waals surface area contributed by atoms with E-state index in [0.717, 1.165) is 42.8 Å². The maximum atomic E-state index is 12.6. The first-order valence-electron chi connectivity index (χ1n) is 9.52. The first-order valence-corrected chi connectivity index (χ1v) is 9.52. The Hall–Kier alpha value is -2.24. The molecule has 26 heavy (non-hydrogen) atoms. The maximum absolute atomic E-state index is 12.6. The SMILES string of the molecule is CCC(=O)N(C)C1(c2nnnn2-c2ccc(C)cc2C)CCC(C)CC1. The van der Waals surface area contributed by atoms with Gasteiger partial charge in [0.1, 0.15) is 5.54 Å². The monoisotopic (exact) mass is 355 g/mol. The van der Waals surface area contributed by atoms with Crippen LogP contribution in [0.1, 0.15) is 62.9 Å². The number of nitrogens with zero attached hydrogens (tertiary/aromatic N) is 5. The van der Waals surface area contributed by atoms with Gasteiger partial charge >= 0.3 is 0 Å². The predicted octanol–water partition coefficient (Wildman–Crippen LogP) is 3.55. The predicted molar refractivity (Wildman–Crippen MR) is 101 cm³/mol. The molecule has 1 aromatic heterocycles. The molecular formula is C20H29N5O. The third-order valence-electron chi connectivity index (χ3n) is 5.89. The van der Waals surface area contributed by atoms with Crippen molar-refractivity contribution in [2.24, 2.45) is 5.92 Å². The van der Waals surface area contributed by atoms with Crippen LogP contribution in [0.2, 0.25) is 0 Å². The zero-order chi connectivity index (χ0) is 18.9. The molecule has 0 aliphatic heterocycles. The van der Waals surface area contributed by atoms with Gasteiger partial charge in [0.15, 0.2) is 5.82 Å². The number of hydrogen-bond donors (Lipinski definition) is 0. The van der Waals surface area contributed by atoms with Crippen molar-refractivity contribution in [1.29, 1.82) is 0 Å². The Kier molecular flexibility index (Phi) is 5.12. The summed E-state index contributed by atoms with van der Waals surface area (Å²) in [7, 11) is 1.91. The lowest BCUT2D eigenvalue weighted by molar-refractivity contribution is -0.138. The normalized spacial score (nSPS) is 23.0. The number of benzene rings is 1. The lowest BCUT2D eigenvalue weighted by Gasteiger charge is -2.44. The van der Waals surface area contributed by atoms with E-state index in [1.807, 2.05) is 23.6 Å². The summed E-state index contributed by atoms with van der Waals surface area (Å²) in [5.41, 5.74) is 2.87. The fourth-order valence-corrected chi connectivity index (χ4v) is 4.11. The molecule has 6 heteroatoms. The van der Waals surface area contributed by atoms with Gasteiger partial charge in [-0.05, 0) is 67.5 Å². The van der Waals surface area contributed by atoms with Crippen LogP contribution in [0.5, 0.6) is 0 Å². The van der Waals surface area contributed by atoms with Crippen molar-refractivity contribution in [3.63, 3.8) is 0 Å².